The third-order valence-corrected chi connectivity index (χ3v) is 3.20. The van der Waals surface area contributed by atoms with Crippen LogP contribution in [0.4, 0.5) is 0 Å². The lowest BCUT2D eigenvalue weighted by atomic mass is 10.0. The second-order valence-corrected chi connectivity index (χ2v) is 5.21. The second-order valence-electron chi connectivity index (χ2n) is 5.21. The molecule has 0 amide bonds. The summed E-state index contributed by atoms with van der Waals surface area (Å²) in [5.74, 6) is 1.21. The van der Waals surface area contributed by atoms with Crippen molar-refractivity contribution in [1.82, 2.24) is 0 Å². The summed E-state index contributed by atoms with van der Waals surface area (Å²) in [6, 6.07) is 5.69. The highest BCUT2D eigenvalue weighted by Crippen LogP contribution is 2.24. The van der Waals surface area contributed by atoms with Crippen molar-refractivity contribution in [2.75, 3.05) is 6.61 Å². The van der Waals surface area contributed by atoms with E-state index in [1.807, 2.05) is 26.0 Å². The summed E-state index contributed by atoms with van der Waals surface area (Å²) in [5, 5.41) is 0.980. The third-order valence-electron chi connectivity index (χ3n) is 3.20. The monoisotopic (exact) mass is 260 g/mol. The fourth-order valence-corrected chi connectivity index (χ4v) is 2.14. The Morgan fingerprint density at radius 1 is 1.32 bits per heavy atom. The van der Waals surface area contributed by atoms with Crippen molar-refractivity contribution < 1.29 is 9.15 Å². The first-order valence-corrected chi connectivity index (χ1v) is 6.72. The molecule has 0 aliphatic heterocycles. The summed E-state index contributed by atoms with van der Waals surface area (Å²) in [4.78, 5) is 11.9. The van der Waals surface area contributed by atoms with E-state index in [2.05, 4.69) is 13.8 Å². The normalized spacial score (nSPS) is 11.2. The van der Waals surface area contributed by atoms with Crippen molar-refractivity contribution in [3.8, 4) is 5.75 Å². The van der Waals surface area contributed by atoms with Crippen LogP contribution >= 0.6 is 0 Å². The number of rotatable bonds is 4. The number of hydrogen-bond donors (Lipinski definition) is 0. The maximum absolute atomic E-state index is 11.9. The van der Waals surface area contributed by atoms with Crippen LogP contribution in [0.5, 0.6) is 5.75 Å². The molecule has 2 rings (SSSR count). The Labute approximate surface area is 113 Å². The van der Waals surface area contributed by atoms with E-state index in [-0.39, 0.29) is 5.63 Å². The third kappa shape index (κ3) is 2.80. The van der Waals surface area contributed by atoms with E-state index in [1.54, 1.807) is 6.07 Å². The molecule has 0 aliphatic carbocycles. The molecule has 19 heavy (non-hydrogen) atoms. The van der Waals surface area contributed by atoms with E-state index in [9.17, 15) is 4.79 Å². The van der Waals surface area contributed by atoms with Crippen LogP contribution in [0.15, 0.2) is 27.4 Å². The molecule has 3 heteroatoms. The van der Waals surface area contributed by atoms with Gasteiger partial charge in [0.25, 0.3) is 0 Å². The van der Waals surface area contributed by atoms with Gasteiger partial charge in [0.2, 0.25) is 0 Å². The zero-order chi connectivity index (χ0) is 14.0. The minimum Gasteiger partial charge on any atom is -0.493 e. The van der Waals surface area contributed by atoms with Gasteiger partial charge in [-0.2, -0.15) is 0 Å². The highest BCUT2D eigenvalue weighted by molar-refractivity contribution is 5.82. The van der Waals surface area contributed by atoms with Gasteiger partial charge in [0, 0.05) is 17.0 Å². The van der Waals surface area contributed by atoms with Gasteiger partial charge >= 0.3 is 5.63 Å². The van der Waals surface area contributed by atoms with Crippen molar-refractivity contribution in [1.29, 1.82) is 0 Å². The minimum absolute atomic E-state index is 0.242. The number of hydrogen-bond acceptors (Lipinski definition) is 3. The first-order valence-electron chi connectivity index (χ1n) is 6.72. The predicted octanol–water partition coefficient (Wildman–Crippen LogP) is 3.70. The van der Waals surface area contributed by atoms with Crippen LogP contribution in [-0.4, -0.2) is 6.61 Å². The molecule has 0 unspecified atom stereocenters. The SMILES string of the molecule is CCc1c(C)c2ccc(OCC(C)C)cc2oc1=O. The topological polar surface area (TPSA) is 39.4 Å². The quantitative estimate of drug-likeness (QED) is 0.787. The lowest BCUT2D eigenvalue weighted by Gasteiger charge is -2.10. The Kier molecular flexibility index (Phi) is 3.93. The Morgan fingerprint density at radius 3 is 2.68 bits per heavy atom. The lowest BCUT2D eigenvalue weighted by Crippen LogP contribution is -2.09. The molecule has 0 radical (unpaired) electrons. The smallest absolute Gasteiger partial charge is 0.339 e. The van der Waals surface area contributed by atoms with Crippen LogP contribution in [0.25, 0.3) is 11.0 Å². The molecule has 0 bridgehead atoms. The maximum atomic E-state index is 11.9. The highest BCUT2D eigenvalue weighted by Gasteiger charge is 2.10. The second kappa shape index (κ2) is 5.47. The fourth-order valence-electron chi connectivity index (χ4n) is 2.14. The summed E-state index contributed by atoms with van der Waals surface area (Å²) >= 11 is 0. The van der Waals surface area contributed by atoms with Crippen molar-refractivity contribution in [2.24, 2.45) is 5.92 Å². The molecule has 0 aliphatic rings. The van der Waals surface area contributed by atoms with Crippen molar-refractivity contribution in [2.45, 2.75) is 34.1 Å². The van der Waals surface area contributed by atoms with Crippen LogP contribution in [0, 0.1) is 12.8 Å². The molecule has 0 saturated heterocycles. The van der Waals surface area contributed by atoms with Crippen molar-refractivity contribution in [3.63, 3.8) is 0 Å². The molecule has 102 valence electrons. The van der Waals surface area contributed by atoms with E-state index in [0.717, 1.165) is 22.3 Å². The summed E-state index contributed by atoms with van der Waals surface area (Å²) in [6.45, 7) is 8.78. The standard InChI is InChI=1S/C16H20O3/c1-5-13-11(4)14-7-6-12(18-9-10(2)3)8-15(14)19-16(13)17/h6-8,10H,5,9H2,1-4H3. The zero-order valence-electron chi connectivity index (χ0n) is 11.9. The average molecular weight is 260 g/mol. The van der Waals surface area contributed by atoms with Gasteiger partial charge in [-0.05, 0) is 37.0 Å². The highest BCUT2D eigenvalue weighted by atomic mass is 16.5. The number of aryl methyl sites for hydroxylation is 1. The first-order chi connectivity index (χ1) is 9.02. The maximum Gasteiger partial charge on any atom is 0.339 e. The predicted molar refractivity (Wildman–Crippen MR) is 76.9 cm³/mol. The molecule has 1 heterocycles. The number of benzene rings is 1. The van der Waals surface area contributed by atoms with Crippen LogP contribution in [0.2, 0.25) is 0 Å². The van der Waals surface area contributed by atoms with Crippen LogP contribution < -0.4 is 10.4 Å². The molecular formula is C16H20O3. The van der Waals surface area contributed by atoms with E-state index in [1.165, 1.54) is 0 Å². The van der Waals surface area contributed by atoms with Gasteiger partial charge in [-0.15, -0.1) is 0 Å². The molecule has 0 N–H and O–H groups in total. The summed E-state index contributed by atoms with van der Waals surface area (Å²) in [7, 11) is 0. The van der Waals surface area contributed by atoms with Crippen LogP contribution in [0.3, 0.4) is 0 Å². The molecule has 0 saturated carbocycles. The van der Waals surface area contributed by atoms with Crippen LogP contribution in [-0.2, 0) is 6.42 Å². The van der Waals surface area contributed by atoms with Gasteiger partial charge in [-0.1, -0.05) is 20.8 Å². The van der Waals surface area contributed by atoms with Crippen molar-refractivity contribution >= 4 is 11.0 Å². The molecule has 0 fully saturated rings. The molecule has 0 atom stereocenters. The summed E-state index contributed by atoms with van der Waals surface area (Å²) in [6.07, 6.45) is 0.690. The van der Waals surface area contributed by atoms with E-state index < -0.39 is 0 Å². The number of ether oxygens (including phenoxy) is 1. The van der Waals surface area contributed by atoms with Gasteiger partial charge in [-0.25, -0.2) is 4.79 Å². The Morgan fingerprint density at radius 2 is 2.05 bits per heavy atom. The fraction of sp³-hybridized carbons (Fsp3) is 0.438. The molecule has 1 aromatic carbocycles. The molecule has 0 spiro atoms. The zero-order valence-corrected chi connectivity index (χ0v) is 11.9. The molecule has 1 aromatic heterocycles. The molecular weight excluding hydrogens is 240 g/mol. The summed E-state index contributed by atoms with van der Waals surface area (Å²) < 4.78 is 11.0. The van der Waals surface area contributed by atoms with Gasteiger partial charge in [0.1, 0.15) is 11.3 Å². The van der Waals surface area contributed by atoms with Gasteiger partial charge < -0.3 is 9.15 Å². The number of fused-ring (bicyclic) bond motifs is 1. The minimum atomic E-state index is -0.242. The van der Waals surface area contributed by atoms with Gasteiger partial charge in [-0.3, -0.25) is 0 Å². The first kappa shape index (κ1) is 13.7. The van der Waals surface area contributed by atoms with Gasteiger partial charge in [0.05, 0.1) is 6.61 Å². The molecule has 2 aromatic rings. The lowest BCUT2D eigenvalue weighted by molar-refractivity contribution is 0.271. The van der Waals surface area contributed by atoms with E-state index in [4.69, 9.17) is 9.15 Å². The van der Waals surface area contributed by atoms with E-state index >= 15 is 0 Å². The Hall–Kier alpha value is -1.77. The Bertz CT molecular complexity index is 638. The van der Waals surface area contributed by atoms with E-state index in [0.29, 0.717) is 24.5 Å². The average Bonchev–Trinajstić information content (AvgIpc) is 2.36. The largest absolute Gasteiger partial charge is 0.493 e. The van der Waals surface area contributed by atoms with Crippen molar-refractivity contribution in [3.05, 3.63) is 39.7 Å². The molecule has 3 nitrogen and oxygen atoms in total. The van der Waals surface area contributed by atoms with Gasteiger partial charge in [0.15, 0.2) is 0 Å². The van der Waals surface area contributed by atoms with Crippen LogP contribution in [0.1, 0.15) is 31.9 Å². The summed E-state index contributed by atoms with van der Waals surface area (Å²) in [5.41, 5.74) is 2.11. The Balaban J connectivity index is 2.47.